The van der Waals surface area contributed by atoms with E-state index in [1.165, 1.54) is 11.8 Å². The zero-order valence-corrected chi connectivity index (χ0v) is 9.90. The van der Waals surface area contributed by atoms with Crippen LogP contribution in [0, 0.1) is 11.3 Å². The Morgan fingerprint density at radius 1 is 1.41 bits per heavy atom. The van der Waals surface area contributed by atoms with E-state index in [2.05, 4.69) is 15.0 Å². The molecule has 0 unspecified atom stereocenters. The standard InChI is InChI=1S/C11H9N5S/c1-17-11-8(5-12)9(13)15-10(16-11)7-3-2-4-14-6-7/h2-4,6H,1H3,(H2,13,15,16). The van der Waals surface area contributed by atoms with Gasteiger partial charge in [0.15, 0.2) is 5.82 Å². The van der Waals surface area contributed by atoms with E-state index in [1.807, 2.05) is 18.4 Å². The highest BCUT2D eigenvalue weighted by Crippen LogP contribution is 2.24. The van der Waals surface area contributed by atoms with Gasteiger partial charge in [0.2, 0.25) is 0 Å². The number of nitrogens with two attached hydrogens (primary N) is 1. The Kier molecular flexibility index (Phi) is 3.21. The molecule has 0 aromatic carbocycles. The van der Waals surface area contributed by atoms with Crippen molar-refractivity contribution in [2.24, 2.45) is 0 Å². The van der Waals surface area contributed by atoms with Gasteiger partial charge >= 0.3 is 0 Å². The van der Waals surface area contributed by atoms with Crippen LogP contribution in [0.2, 0.25) is 0 Å². The van der Waals surface area contributed by atoms with Crippen LogP contribution in [0.4, 0.5) is 5.82 Å². The Balaban J connectivity index is 2.59. The van der Waals surface area contributed by atoms with Crippen LogP contribution in [0.1, 0.15) is 5.56 Å². The molecule has 2 aromatic heterocycles. The quantitative estimate of drug-likeness (QED) is 0.638. The number of rotatable bonds is 2. The fourth-order valence-corrected chi connectivity index (χ4v) is 1.87. The molecule has 0 aliphatic carbocycles. The molecule has 84 valence electrons. The molecule has 0 amide bonds. The van der Waals surface area contributed by atoms with E-state index in [9.17, 15) is 0 Å². The highest BCUT2D eigenvalue weighted by molar-refractivity contribution is 7.98. The van der Waals surface area contributed by atoms with Crippen molar-refractivity contribution in [1.82, 2.24) is 15.0 Å². The van der Waals surface area contributed by atoms with Gasteiger partial charge in [0.25, 0.3) is 0 Å². The maximum absolute atomic E-state index is 8.96. The van der Waals surface area contributed by atoms with Crippen molar-refractivity contribution in [3.05, 3.63) is 30.1 Å². The van der Waals surface area contributed by atoms with Crippen molar-refractivity contribution < 1.29 is 0 Å². The first-order valence-corrected chi connectivity index (χ1v) is 6.00. The van der Waals surface area contributed by atoms with Gasteiger partial charge in [0.05, 0.1) is 0 Å². The minimum Gasteiger partial charge on any atom is -0.382 e. The minimum absolute atomic E-state index is 0.200. The van der Waals surface area contributed by atoms with E-state index in [1.54, 1.807) is 18.5 Å². The van der Waals surface area contributed by atoms with Gasteiger partial charge in [-0.1, -0.05) is 0 Å². The predicted molar refractivity (Wildman–Crippen MR) is 66.2 cm³/mol. The summed E-state index contributed by atoms with van der Waals surface area (Å²) in [6.45, 7) is 0. The van der Waals surface area contributed by atoms with Crippen molar-refractivity contribution >= 4 is 17.6 Å². The van der Waals surface area contributed by atoms with Gasteiger partial charge in [-0.05, 0) is 18.4 Å². The number of anilines is 1. The first-order chi connectivity index (χ1) is 8.26. The van der Waals surface area contributed by atoms with Crippen molar-refractivity contribution in [3.63, 3.8) is 0 Å². The molecule has 2 aromatic rings. The molecule has 0 aliphatic rings. The lowest BCUT2D eigenvalue weighted by Crippen LogP contribution is -2.02. The highest BCUT2D eigenvalue weighted by atomic mass is 32.2. The highest BCUT2D eigenvalue weighted by Gasteiger charge is 2.12. The van der Waals surface area contributed by atoms with Gasteiger partial charge < -0.3 is 5.73 Å². The Bertz CT molecular complexity index is 576. The van der Waals surface area contributed by atoms with E-state index in [0.29, 0.717) is 16.4 Å². The average Bonchev–Trinajstić information content (AvgIpc) is 2.38. The lowest BCUT2D eigenvalue weighted by molar-refractivity contribution is 1.05. The van der Waals surface area contributed by atoms with Crippen LogP contribution in [-0.4, -0.2) is 21.2 Å². The summed E-state index contributed by atoms with van der Waals surface area (Å²) in [4.78, 5) is 12.4. The molecule has 17 heavy (non-hydrogen) atoms. The molecule has 0 aliphatic heterocycles. The third-order valence-corrected chi connectivity index (χ3v) is 2.81. The number of nitriles is 1. The largest absolute Gasteiger partial charge is 0.382 e. The monoisotopic (exact) mass is 243 g/mol. The van der Waals surface area contributed by atoms with Crippen LogP contribution < -0.4 is 5.73 Å². The summed E-state index contributed by atoms with van der Waals surface area (Å²) in [7, 11) is 0. The van der Waals surface area contributed by atoms with Crippen LogP contribution in [-0.2, 0) is 0 Å². The molecule has 0 spiro atoms. The molecule has 0 saturated heterocycles. The molecule has 0 bridgehead atoms. The normalized spacial score (nSPS) is 9.88. The molecule has 0 atom stereocenters. The summed E-state index contributed by atoms with van der Waals surface area (Å²) >= 11 is 1.37. The fourth-order valence-electron chi connectivity index (χ4n) is 1.33. The predicted octanol–water partition coefficient (Wildman–Crippen LogP) is 1.71. The number of hydrogen-bond acceptors (Lipinski definition) is 6. The van der Waals surface area contributed by atoms with E-state index in [4.69, 9.17) is 11.0 Å². The molecular formula is C11H9N5S. The summed E-state index contributed by atoms with van der Waals surface area (Å²) in [5.41, 5.74) is 6.84. The lowest BCUT2D eigenvalue weighted by atomic mass is 10.2. The Morgan fingerprint density at radius 2 is 2.24 bits per heavy atom. The molecule has 0 saturated carbocycles. The first kappa shape index (κ1) is 11.4. The van der Waals surface area contributed by atoms with E-state index < -0.39 is 0 Å². The molecule has 2 N–H and O–H groups in total. The lowest BCUT2D eigenvalue weighted by Gasteiger charge is -2.05. The molecule has 5 nitrogen and oxygen atoms in total. The van der Waals surface area contributed by atoms with Crippen molar-refractivity contribution in [3.8, 4) is 17.5 Å². The maximum Gasteiger partial charge on any atom is 0.164 e. The first-order valence-electron chi connectivity index (χ1n) is 4.78. The molecular weight excluding hydrogens is 234 g/mol. The Morgan fingerprint density at radius 3 is 2.82 bits per heavy atom. The van der Waals surface area contributed by atoms with E-state index in [0.717, 1.165) is 5.56 Å². The zero-order chi connectivity index (χ0) is 12.3. The number of nitrogens with zero attached hydrogens (tertiary/aromatic N) is 4. The summed E-state index contributed by atoms with van der Waals surface area (Å²) < 4.78 is 0. The second kappa shape index (κ2) is 4.80. The number of nitrogen functional groups attached to an aromatic ring is 1. The van der Waals surface area contributed by atoms with Crippen LogP contribution in [0.25, 0.3) is 11.4 Å². The van der Waals surface area contributed by atoms with Crippen LogP contribution in [0.3, 0.4) is 0 Å². The number of thioether (sulfide) groups is 1. The van der Waals surface area contributed by atoms with Crippen LogP contribution in [0.5, 0.6) is 0 Å². The van der Waals surface area contributed by atoms with Crippen LogP contribution in [0.15, 0.2) is 29.6 Å². The van der Waals surface area contributed by atoms with Crippen molar-refractivity contribution in [2.75, 3.05) is 12.0 Å². The number of aromatic nitrogens is 3. The second-order valence-corrected chi connectivity index (χ2v) is 3.97. The molecule has 2 heterocycles. The van der Waals surface area contributed by atoms with Crippen molar-refractivity contribution in [2.45, 2.75) is 5.03 Å². The zero-order valence-electron chi connectivity index (χ0n) is 9.08. The topological polar surface area (TPSA) is 88.5 Å². The van der Waals surface area contributed by atoms with Gasteiger partial charge in [-0.2, -0.15) is 5.26 Å². The molecule has 6 heteroatoms. The smallest absolute Gasteiger partial charge is 0.164 e. The van der Waals surface area contributed by atoms with Gasteiger partial charge in [-0.3, -0.25) is 4.98 Å². The van der Waals surface area contributed by atoms with Gasteiger partial charge in [-0.25, -0.2) is 9.97 Å². The number of hydrogen-bond donors (Lipinski definition) is 1. The fraction of sp³-hybridized carbons (Fsp3) is 0.0909. The maximum atomic E-state index is 8.96. The third-order valence-electron chi connectivity index (χ3n) is 2.13. The summed E-state index contributed by atoms with van der Waals surface area (Å²) in [6, 6.07) is 5.65. The summed E-state index contributed by atoms with van der Waals surface area (Å²) in [5, 5.41) is 9.54. The van der Waals surface area contributed by atoms with Gasteiger partial charge in [-0.15, -0.1) is 11.8 Å². The van der Waals surface area contributed by atoms with Gasteiger partial charge in [0.1, 0.15) is 22.5 Å². The molecule has 0 radical (unpaired) electrons. The Labute approximate surface area is 103 Å². The summed E-state index contributed by atoms with van der Waals surface area (Å²) in [5.74, 6) is 0.685. The number of pyridine rings is 1. The third kappa shape index (κ3) is 2.19. The Hall–Kier alpha value is -2.13. The average molecular weight is 243 g/mol. The summed E-state index contributed by atoms with van der Waals surface area (Å²) in [6.07, 6.45) is 5.17. The molecule has 2 rings (SSSR count). The second-order valence-electron chi connectivity index (χ2n) is 3.17. The van der Waals surface area contributed by atoms with E-state index >= 15 is 0 Å². The van der Waals surface area contributed by atoms with Crippen LogP contribution >= 0.6 is 11.8 Å². The van der Waals surface area contributed by atoms with Gasteiger partial charge in [0, 0.05) is 18.0 Å². The minimum atomic E-state index is 0.200. The molecule has 0 fully saturated rings. The SMILES string of the molecule is CSc1nc(-c2cccnc2)nc(N)c1C#N. The van der Waals surface area contributed by atoms with E-state index in [-0.39, 0.29) is 5.82 Å². The van der Waals surface area contributed by atoms with Crippen molar-refractivity contribution in [1.29, 1.82) is 5.26 Å².